The van der Waals surface area contributed by atoms with Gasteiger partial charge in [-0.05, 0) is 73.5 Å². The highest BCUT2D eigenvalue weighted by atomic mass is 19.1. The zero-order chi connectivity index (χ0) is 28.0. The van der Waals surface area contributed by atoms with Crippen molar-refractivity contribution in [1.29, 1.82) is 0 Å². The molecule has 7 heteroatoms. The minimum absolute atomic E-state index is 0.194. The molecular formula is C32H37FN2O4. The molecule has 2 aliphatic heterocycles. The summed E-state index contributed by atoms with van der Waals surface area (Å²) < 4.78 is 18.1. The molecule has 6 nitrogen and oxygen atoms in total. The lowest BCUT2D eigenvalue weighted by atomic mass is 9.59. The monoisotopic (exact) mass is 532 g/mol. The predicted octanol–water partition coefficient (Wildman–Crippen LogP) is 5.30. The van der Waals surface area contributed by atoms with Gasteiger partial charge in [0.25, 0.3) is 0 Å². The van der Waals surface area contributed by atoms with Crippen LogP contribution in [0, 0.1) is 18.7 Å². The summed E-state index contributed by atoms with van der Waals surface area (Å²) in [6.07, 6.45) is 2.07. The Bertz CT molecular complexity index is 1300. The molecule has 4 unspecified atom stereocenters. The number of hydrogen-bond donors (Lipinski definition) is 3. The van der Waals surface area contributed by atoms with Gasteiger partial charge in [0.15, 0.2) is 0 Å². The van der Waals surface area contributed by atoms with E-state index < -0.39 is 23.1 Å². The third-order valence-electron chi connectivity index (χ3n) is 8.28. The number of rotatable bonds is 6. The van der Waals surface area contributed by atoms with Gasteiger partial charge in [-0.1, -0.05) is 61.5 Å². The third-order valence-corrected chi connectivity index (χ3v) is 8.28. The second-order valence-corrected chi connectivity index (χ2v) is 10.3. The van der Waals surface area contributed by atoms with Gasteiger partial charge in [-0.15, -0.1) is 0 Å². The molecule has 0 aromatic heterocycles. The summed E-state index contributed by atoms with van der Waals surface area (Å²) in [6.45, 7) is 6.36. The number of fused-ring (bicyclic) bond motifs is 1. The van der Waals surface area contributed by atoms with Crippen molar-refractivity contribution >= 4 is 11.9 Å². The van der Waals surface area contributed by atoms with Crippen LogP contribution in [0.2, 0.25) is 0 Å². The van der Waals surface area contributed by atoms with Crippen molar-refractivity contribution in [3.63, 3.8) is 0 Å². The first kappa shape index (κ1) is 28.3. The van der Waals surface area contributed by atoms with E-state index in [1.807, 2.05) is 18.2 Å². The fourth-order valence-corrected chi connectivity index (χ4v) is 6.34. The zero-order valence-electron chi connectivity index (χ0n) is 22.5. The van der Waals surface area contributed by atoms with E-state index in [1.54, 1.807) is 0 Å². The molecule has 0 aliphatic carbocycles. The number of amides is 1. The van der Waals surface area contributed by atoms with Gasteiger partial charge >= 0.3 is 5.97 Å². The van der Waals surface area contributed by atoms with Gasteiger partial charge in [-0.25, -0.2) is 4.39 Å². The molecule has 0 bridgehead atoms. The minimum atomic E-state index is -0.930. The number of halogens is 1. The largest absolute Gasteiger partial charge is 0.493 e. The van der Waals surface area contributed by atoms with Gasteiger partial charge in [0, 0.05) is 18.0 Å². The Morgan fingerprint density at radius 2 is 1.79 bits per heavy atom. The summed E-state index contributed by atoms with van der Waals surface area (Å²) in [5.41, 5.74) is 9.42. The van der Waals surface area contributed by atoms with E-state index in [9.17, 15) is 14.0 Å². The van der Waals surface area contributed by atoms with Crippen LogP contribution in [0.5, 0.6) is 5.75 Å². The lowest BCUT2D eigenvalue weighted by Gasteiger charge is -2.45. The molecule has 39 heavy (non-hydrogen) atoms. The van der Waals surface area contributed by atoms with Crippen LogP contribution in [0.1, 0.15) is 60.3 Å². The van der Waals surface area contributed by atoms with Crippen molar-refractivity contribution in [2.45, 2.75) is 50.4 Å². The molecule has 1 saturated heterocycles. The Hall–Kier alpha value is -3.71. The molecule has 0 radical (unpaired) electrons. The Labute approximate surface area is 229 Å². The predicted molar refractivity (Wildman–Crippen MR) is 149 cm³/mol. The van der Waals surface area contributed by atoms with Gasteiger partial charge in [0.2, 0.25) is 5.91 Å². The number of aliphatic carboxylic acids is 1. The Morgan fingerprint density at radius 3 is 2.46 bits per heavy atom. The van der Waals surface area contributed by atoms with Crippen LogP contribution in [0.15, 0.2) is 72.8 Å². The summed E-state index contributed by atoms with van der Waals surface area (Å²) in [4.78, 5) is 23.7. The lowest BCUT2D eigenvalue weighted by molar-refractivity contribution is -0.139. The number of nitrogens with one attached hydrogen (secondary N) is 1. The van der Waals surface area contributed by atoms with Gasteiger partial charge in [0.05, 0.1) is 17.9 Å². The molecule has 5 rings (SSSR count). The van der Waals surface area contributed by atoms with Crippen LogP contribution in [0.4, 0.5) is 4.39 Å². The summed E-state index contributed by atoms with van der Waals surface area (Å²) in [7, 11) is 0. The molecule has 0 spiro atoms. The molecule has 1 fully saturated rings. The fraction of sp³-hybridized carbons (Fsp3) is 0.375. The maximum absolute atomic E-state index is 12.9. The van der Waals surface area contributed by atoms with Crippen molar-refractivity contribution in [3.8, 4) is 5.75 Å². The fourth-order valence-electron chi connectivity index (χ4n) is 6.34. The number of ether oxygens (including phenoxy) is 1. The summed E-state index contributed by atoms with van der Waals surface area (Å²) >= 11 is 0. The number of carboxylic acid groups (broad SMARTS) is 1. The number of primary amides is 1. The first-order valence-corrected chi connectivity index (χ1v) is 13.6. The number of carbonyl (C=O) groups excluding carboxylic acids is 1. The normalized spacial score (nSPS) is 21.8. The van der Waals surface area contributed by atoms with E-state index in [0.717, 1.165) is 37.1 Å². The first-order chi connectivity index (χ1) is 18.8. The van der Waals surface area contributed by atoms with E-state index >= 15 is 0 Å². The maximum atomic E-state index is 12.9. The minimum Gasteiger partial charge on any atom is -0.493 e. The van der Waals surface area contributed by atoms with Gasteiger partial charge in [-0.2, -0.15) is 0 Å². The van der Waals surface area contributed by atoms with Crippen LogP contribution in [-0.2, 0) is 15.0 Å². The molecule has 4 atom stereocenters. The second kappa shape index (κ2) is 12.4. The zero-order valence-corrected chi connectivity index (χ0v) is 22.5. The number of hydrogen-bond acceptors (Lipinski definition) is 4. The standard InChI is InChI=1S/C22H28N2O.C10H9FO3/c1-3-22(21(23)25,19-12-8-7-9-16(19)2)20-13-14-24-15-18(20)17-10-5-4-6-11-17;11-6-1-2-9-8(5-6)7(10(12)13)3-4-14-9/h4-12,18,20,24H,3,13-15H2,1-2H3,(H2,23,25);1-2,5,7H,3-4H2,(H,12,13). The number of piperidine rings is 1. The highest BCUT2D eigenvalue weighted by Gasteiger charge is 2.49. The Balaban J connectivity index is 0.000000212. The molecule has 2 aliphatic rings. The maximum Gasteiger partial charge on any atom is 0.311 e. The van der Waals surface area contributed by atoms with Crippen LogP contribution in [-0.4, -0.2) is 36.7 Å². The van der Waals surface area contributed by atoms with Crippen LogP contribution >= 0.6 is 0 Å². The van der Waals surface area contributed by atoms with E-state index in [2.05, 4.69) is 55.6 Å². The molecule has 2 heterocycles. The number of carbonyl (C=O) groups is 2. The second-order valence-electron chi connectivity index (χ2n) is 10.3. The Kier molecular flexibility index (Phi) is 9.02. The summed E-state index contributed by atoms with van der Waals surface area (Å²) in [5, 5.41) is 12.4. The number of aryl methyl sites for hydroxylation is 1. The number of carboxylic acids is 1. The molecule has 4 N–H and O–H groups in total. The smallest absolute Gasteiger partial charge is 0.311 e. The van der Waals surface area contributed by atoms with Crippen molar-refractivity contribution < 1.29 is 23.8 Å². The van der Waals surface area contributed by atoms with Crippen LogP contribution < -0.4 is 15.8 Å². The topological polar surface area (TPSA) is 102 Å². The summed E-state index contributed by atoms with van der Waals surface area (Å²) in [5.74, 6) is -1.25. The van der Waals surface area contributed by atoms with Crippen molar-refractivity contribution in [2.75, 3.05) is 19.7 Å². The Morgan fingerprint density at radius 1 is 1.08 bits per heavy atom. The van der Waals surface area contributed by atoms with Crippen molar-refractivity contribution in [2.24, 2.45) is 11.7 Å². The lowest BCUT2D eigenvalue weighted by Crippen LogP contribution is -2.53. The van der Waals surface area contributed by atoms with Crippen molar-refractivity contribution in [3.05, 3.63) is 101 Å². The first-order valence-electron chi connectivity index (χ1n) is 13.6. The van der Waals surface area contributed by atoms with Crippen LogP contribution in [0.25, 0.3) is 0 Å². The summed E-state index contributed by atoms with van der Waals surface area (Å²) in [6, 6.07) is 22.7. The van der Waals surface area contributed by atoms with E-state index in [-0.39, 0.29) is 17.7 Å². The molecular weight excluding hydrogens is 495 g/mol. The van der Waals surface area contributed by atoms with Gasteiger partial charge in [-0.3, -0.25) is 9.59 Å². The SMILES string of the molecule is CCC(C(N)=O)(c1ccccc1C)C1CCNCC1c1ccccc1.O=C(O)C1CCOc2ccc(F)cc21. The number of nitrogens with two attached hydrogens (primary N) is 1. The molecule has 206 valence electrons. The van der Waals surface area contributed by atoms with Gasteiger partial charge in [0.1, 0.15) is 11.6 Å². The third kappa shape index (κ3) is 5.83. The highest BCUT2D eigenvalue weighted by Crippen LogP contribution is 2.47. The molecule has 1 amide bonds. The average Bonchev–Trinajstić information content (AvgIpc) is 2.95. The molecule has 3 aromatic rings. The van der Waals surface area contributed by atoms with Crippen molar-refractivity contribution in [1.82, 2.24) is 5.32 Å². The molecule has 0 saturated carbocycles. The quantitative estimate of drug-likeness (QED) is 0.400. The van der Waals surface area contributed by atoms with Gasteiger partial charge < -0.3 is 20.9 Å². The molecule has 3 aromatic carbocycles. The number of benzene rings is 3. The highest BCUT2D eigenvalue weighted by molar-refractivity contribution is 5.88. The van der Waals surface area contributed by atoms with Crippen LogP contribution in [0.3, 0.4) is 0 Å². The average molecular weight is 533 g/mol. The van der Waals surface area contributed by atoms with E-state index in [1.165, 1.54) is 23.8 Å². The van der Waals surface area contributed by atoms with E-state index in [0.29, 0.717) is 24.3 Å². The van der Waals surface area contributed by atoms with E-state index in [4.69, 9.17) is 15.6 Å².